The minimum Gasteiger partial charge on any atom is -0.382 e. The van der Waals surface area contributed by atoms with Crippen molar-refractivity contribution in [1.82, 2.24) is 20.0 Å². The van der Waals surface area contributed by atoms with Gasteiger partial charge in [0.2, 0.25) is 0 Å². The van der Waals surface area contributed by atoms with Crippen molar-refractivity contribution in [1.29, 1.82) is 0 Å². The first-order valence-electron chi connectivity index (χ1n) is 8.88. The van der Waals surface area contributed by atoms with Crippen molar-refractivity contribution in [2.45, 2.75) is 32.6 Å². The van der Waals surface area contributed by atoms with Crippen LogP contribution >= 0.6 is 11.6 Å². The van der Waals surface area contributed by atoms with Crippen LogP contribution in [0.3, 0.4) is 0 Å². The molecule has 0 atom stereocenters. The number of rotatable bonds is 4. The van der Waals surface area contributed by atoms with Crippen molar-refractivity contribution in [3.8, 4) is 12.3 Å². The van der Waals surface area contributed by atoms with Gasteiger partial charge in [0.25, 0.3) is 5.56 Å². The summed E-state index contributed by atoms with van der Waals surface area (Å²) in [4.78, 5) is 13.5. The number of allylic oxidation sites excluding steroid dienone is 4. The Balaban J connectivity index is 1.92. The zero-order valence-corrected chi connectivity index (χ0v) is 16.7. The molecular formula is C19H18ClF3N6O. The van der Waals surface area contributed by atoms with Crippen molar-refractivity contribution >= 4 is 23.1 Å². The lowest BCUT2D eigenvalue weighted by molar-refractivity contribution is -0.0896. The third-order valence-corrected chi connectivity index (χ3v) is 5.20. The van der Waals surface area contributed by atoms with Gasteiger partial charge in [-0.2, -0.15) is 23.4 Å². The molecule has 158 valence electrons. The van der Waals surface area contributed by atoms with Gasteiger partial charge in [0.15, 0.2) is 5.82 Å². The lowest BCUT2D eigenvalue weighted by Gasteiger charge is -2.29. The highest BCUT2D eigenvalue weighted by Crippen LogP contribution is 2.34. The smallest absolute Gasteiger partial charge is 0.382 e. The first-order chi connectivity index (χ1) is 14.2. The molecule has 0 spiro atoms. The number of aromatic amines is 1. The molecule has 0 radical (unpaired) electrons. The number of hydrogen-bond acceptors (Lipinski definition) is 5. The van der Waals surface area contributed by atoms with E-state index in [1.165, 1.54) is 23.9 Å². The molecule has 0 amide bonds. The number of nitrogens with two attached hydrogens (primary N) is 1. The van der Waals surface area contributed by atoms with Crippen LogP contribution in [0.15, 0.2) is 34.3 Å². The number of anilines is 2. The zero-order valence-electron chi connectivity index (χ0n) is 15.9. The molecule has 0 aliphatic carbocycles. The standard InChI is InChI=1S/C19H18ClF3N6O/c1-3-5-13(19(21,22)23)11(4-2)9-29-14-6-7-28(10-12(14)17(24)27-29)15-8-25-26-18(30)16(15)20/h1,4-5,8H,6-7,9-10H2,2H3,(H2,24,27)(H,26,30)/b11-4-,13-5+. The third kappa shape index (κ3) is 4.07. The number of fused-ring (bicyclic) bond motifs is 1. The van der Waals surface area contributed by atoms with Crippen LogP contribution in [0.25, 0.3) is 0 Å². The Morgan fingerprint density at radius 1 is 1.50 bits per heavy atom. The average Bonchev–Trinajstić information content (AvgIpc) is 3.00. The monoisotopic (exact) mass is 438 g/mol. The summed E-state index contributed by atoms with van der Waals surface area (Å²) >= 11 is 6.08. The molecule has 0 saturated heterocycles. The van der Waals surface area contributed by atoms with Crippen LogP contribution in [0.4, 0.5) is 24.7 Å². The van der Waals surface area contributed by atoms with Crippen molar-refractivity contribution in [2.75, 3.05) is 17.2 Å². The summed E-state index contributed by atoms with van der Waals surface area (Å²) in [6, 6.07) is 0. The predicted octanol–water partition coefficient (Wildman–Crippen LogP) is 2.83. The lowest BCUT2D eigenvalue weighted by atomic mass is 10.0. The van der Waals surface area contributed by atoms with Crippen LogP contribution in [0, 0.1) is 12.3 Å². The molecule has 0 bridgehead atoms. The van der Waals surface area contributed by atoms with Gasteiger partial charge in [0.05, 0.1) is 24.0 Å². The number of aromatic nitrogens is 4. The fourth-order valence-corrected chi connectivity index (χ4v) is 3.59. The highest BCUT2D eigenvalue weighted by molar-refractivity contribution is 6.33. The lowest BCUT2D eigenvalue weighted by Crippen LogP contribution is -2.33. The largest absolute Gasteiger partial charge is 0.417 e. The summed E-state index contributed by atoms with van der Waals surface area (Å²) in [6.07, 6.45) is 4.44. The normalized spacial score (nSPS) is 15.1. The molecular weight excluding hydrogens is 421 g/mol. The molecule has 3 heterocycles. The van der Waals surface area contributed by atoms with Crippen LogP contribution in [0.1, 0.15) is 18.2 Å². The Bertz CT molecular complexity index is 1120. The summed E-state index contributed by atoms with van der Waals surface area (Å²) in [5.41, 5.74) is 6.47. The molecule has 0 fully saturated rings. The number of hydrogen-bond donors (Lipinski definition) is 2. The molecule has 11 heteroatoms. The van der Waals surface area contributed by atoms with Gasteiger partial charge in [-0.25, -0.2) is 5.10 Å². The summed E-state index contributed by atoms with van der Waals surface area (Å²) in [6.45, 7) is 2.13. The number of nitrogens with one attached hydrogen (secondary N) is 1. The second-order valence-corrected chi connectivity index (χ2v) is 6.95. The maximum atomic E-state index is 13.4. The summed E-state index contributed by atoms with van der Waals surface area (Å²) < 4.78 is 41.6. The van der Waals surface area contributed by atoms with Gasteiger partial charge in [-0.15, -0.1) is 6.42 Å². The SMILES string of the molecule is C#C/C=C(\C(=C/C)Cn1nc(N)c2c1CCN(c1cn[nH]c(=O)c1Cl)C2)C(F)(F)F. The average molecular weight is 439 g/mol. The van der Waals surface area contributed by atoms with Gasteiger partial charge in [0, 0.05) is 36.8 Å². The molecule has 1 aliphatic rings. The van der Waals surface area contributed by atoms with Crippen LogP contribution < -0.4 is 16.2 Å². The number of nitrogens with zero attached hydrogens (tertiary/aromatic N) is 4. The second kappa shape index (κ2) is 8.28. The van der Waals surface area contributed by atoms with E-state index in [-0.39, 0.29) is 23.0 Å². The third-order valence-electron chi connectivity index (χ3n) is 4.83. The quantitative estimate of drug-likeness (QED) is 0.565. The van der Waals surface area contributed by atoms with Gasteiger partial charge in [-0.1, -0.05) is 23.6 Å². The van der Waals surface area contributed by atoms with Gasteiger partial charge in [0.1, 0.15) is 5.02 Å². The Labute approximate surface area is 175 Å². The molecule has 0 saturated carbocycles. The van der Waals surface area contributed by atoms with Gasteiger partial charge in [-0.3, -0.25) is 9.48 Å². The summed E-state index contributed by atoms with van der Waals surface area (Å²) in [5, 5.41) is 10.3. The van der Waals surface area contributed by atoms with Crippen LogP contribution in [0.5, 0.6) is 0 Å². The maximum Gasteiger partial charge on any atom is 0.417 e. The molecule has 1 aliphatic heterocycles. The minimum atomic E-state index is -4.59. The molecule has 2 aromatic heterocycles. The molecule has 3 N–H and O–H groups in total. The van der Waals surface area contributed by atoms with E-state index in [0.29, 0.717) is 36.8 Å². The molecule has 3 rings (SSSR count). The van der Waals surface area contributed by atoms with E-state index in [1.807, 2.05) is 10.8 Å². The van der Waals surface area contributed by atoms with E-state index in [0.717, 1.165) is 5.69 Å². The van der Waals surface area contributed by atoms with Crippen molar-refractivity contribution < 1.29 is 13.2 Å². The number of alkyl halides is 3. The Hall–Kier alpha value is -3.19. The van der Waals surface area contributed by atoms with Gasteiger partial charge >= 0.3 is 6.18 Å². The van der Waals surface area contributed by atoms with E-state index in [4.69, 9.17) is 23.8 Å². The van der Waals surface area contributed by atoms with Gasteiger partial charge in [-0.05, 0) is 12.5 Å². The topological polar surface area (TPSA) is 92.8 Å². The van der Waals surface area contributed by atoms with Crippen molar-refractivity contribution in [2.24, 2.45) is 0 Å². The van der Waals surface area contributed by atoms with Crippen LogP contribution in [-0.4, -0.2) is 32.7 Å². The first-order valence-corrected chi connectivity index (χ1v) is 9.26. The Morgan fingerprint density at radius 2 is 2.23 bits per heavy atom. The van der Waals surface area contributed by atoms with Crippen LogP contribution in [0.2, 0.25) is 5.02 Å². The molecule has 30 heavy (non-hydrogen) atoms. The van der Waals surface area contributed by atoms with E-state index >= 15 is 0 Å². The fourth-order valence-electron chi connectivity index (χ4n) is 3.38. The van der Waals surface area contributed by atoms with E-state index in [9.17, 15) is 18.0 Å². The van der Waals surface area contributed by atoms with E-state index < -0.39 is 17.3 Å². The van der Waals surface area contributed by atoms with Gasteiger partial charge < -0.3 is 10.6 Å². The molecule has 7 nitrogen and oxygen atoms in total. The molecule has 2 aromatic rings. The van der Waals surface area contributed by atoms with Crippen molar-refractivity contribution in [3.05, 3.63) is 56.1 Å². The first kappa shape index (κ1) is 21.5. The fraction of sp³-hybridized carbons (Fsp3) is 0.316. The predicted molar refractivity (Wildman–Crippen MR) is 108 cm³/mol. The van der Waals surface area contributed by atoms with Crippen molar-refractivity contribution in [3.63, 3.8) is 0 Å². The Kier molecular flexibility index (Phi) is 5.94. The highest BCUT2D eigenvalue weighted by atomic mass is 35.5. The number of terminal acetylenes is 1. The minimum absolute atomic E-state index is 0.00450. The second-order valence-electron chi connectivity index (χ2n) is 6.57. The number of H-pyrrole nitrogens is 1. The van der Waals surface area contributed by atoms with E-state index in [2.05, 4.69) is 15.3 Å². The number of halogens is 4. The Morgan fingerprint density at radius 3 is 2.87 bits per heavy atom. The van der Waals surface area contributed by atoms with Crippen LogP contribution in [-0.2, 0) is 19.5 Å². The summed E-state index contributed by atoms with van der Waals surface area (Å²) in [7, 11) is 0. The number of nitrogen functional groups attached to an aromatic ring is 1. The zero-order chi connectivity index (χ0) is 22.1. The summed E-state index contributed by atoms with van der Waals surface area (Å²) in [5.74, 6) is 2.15. The van der Waals surface area contributed by atoms with E-state index in [1.54, 1.807) is 0 Å². The molecule has 0 aromatic carbocycles. The molecule has 0 unspecified atom stereocenters. The highest BCUT2D eigenvalue weighted by Gasteiger charge is 2.36. The maximum absolute atomic E-state index is 13.4.